The fraction of sp³-hybridized carbons (Fsp3) is 0.500. The summed E-state index contributed by atoms with van der Waals surface area (Å²) in [5.41, 5.74) is 1.05. The van der Waals surface area contributed by atoms with E-state index in [0.29, 0.717) is 5.92 Å². The molecule has 0 bridgehead atoms. The summed E-state index contributed by atoms with van der Waals surface area (Å²) in [6, 6.07) is 3.75. The van der Waals surface area contributed by atoms with Gasteiger partial charge < -0.3 is 0 Å². The van der Waals surface area contributed by atoms with E-state index in [1.54, 1.807) is 6.07 Å². The highest BCUT2D eigenvalue weighted by Crippen LogP contribution is 2.01. The predicted octanol–water partition coefficient (Wildman–Crippen LogP) is 1.48. The molecule has 0 aliphatic carbocycles. The van der Waals surface area contributed by atoms with Gasteiger partial charge in [-0.05, 0) is 24.5 Å². The fourth-order valence-electron chi connectivity index (χ4n) is 0.820. The number of nitrogens with zero attached hydrogens (tertiary/aromatic N) is 2. The molecule has 0 spiro atoms. The van der Waals surface area contributed by atoms with Gasteiger partial charge in [0.15, 0.2) is 0 Å². The zero-order chi connectivity index (χ0) is 7.40. The van der Waals surface area contributed by atoms with Gasteiger partial charge in [0.1, 0.15) is 6.20 Å². The number of hydrogen-bond acceptors (Lipinski definition) is 2. The summed E-state index contributed by atoms with van der Waals surface area (Å²) in [6.45, 7) is 4.33. The molecule has 0 aromatic carbocycles. The molecule has 0 saturated heterocycles. The highest BCUT2D eigenvalue weighted by molar-refractivity contribution is 4.98. The van der Waals surface area contributed by atoms with Crippen LogP contribution in [0.2, 0.25) is 0 Å². The second-order valence-electron chi connectivity index (χ2n) is 2.75. The van der Waals surface area contributed by atoms with Crippen molar-refractivity contribution >= 4 is 0 Å². The molecule has 0 saturated carbocycles. The van der Waals surface area contributed by atoms with E-state index in [4.69, 9.17) is 0 Å². The smallest absolute Gasteiger partial charge is 0.113 e. The van der Waals surface area contributed by atoms with E-state index in [2.05, 4.69) is 30.2 Å². The van der Waals surface area contributed by atoms with Gasteiger partial charge in [-0.2, -0.15) is 5.10 Å². The van der Waals surface area contributed by atoms with Gasteiger partial charge >= 0.3 is 0 Å². The lowest BCUT2D eigenvalue weighted by atomic mass is 10.1. The number of aromatic nitrogens is 2. The van der Waals surface area contributed by atoms with Crippen molar-refractivity contribution in [3.8, 4) is 0 Å². The van der Waals surface area contributed by atoms with Gasteiger partial charge in [0.25, 0.3) is 0 Å². The Hall–Kier alpha value is -0.920. The summed E-state index contributed by atoms with van der Waals surface area (Å²) in [6.07, 6.45) is 3.65. The zero-order valence-electron chi connectivity index (χ0n) is 6.33. The molecule has 1 aromatic heterocycles. The minimum Gasteiger partial charge on any atom is -0.155 e. The molecule has 1 heterocycles. The monoisotopic (exact) mass is 135 g/mol. The van der Waals surface area contributed by atoms with E-state index >= 15 is 0 Å². The quantitative estimate of drug-likeness (QED) is 0.613. The minimum absolute atomic E-state index is 0.650. The first-order valence-corrected chi connectivity index (χ1v) is 3.47. The van der Waals surface area contributed by atoms with Crippen molar-refractivity contribution in [2.24, 2.45) is 5.92 Å². The van der Waals surface area contributed by atoms with Gasteiger partial charge in [-0.15, -0.1) is 5.10 Å². The number of hydrogen-bond donors (Lipinski definition) is 0. The van der Waals surface area contributed by atoms with Gasteiger partial charge in [0.05, 0.1) is 5.69 Å². The Kier molecular flexibility index (Phi) is 2.37. The average Bonchev–Trinajstić information content (AvgIpc) is 1.88. The molecular formula is C8H11N2. The Labute approximate surface area is 61.3 Å². The predicted molar refractivity (Wildman–Crippen MR) is 39.4 cm³/mol. The van der Waals surface area contributed by atoms with E-state index in [0.717, 1.165) is 12.1 Å². The molecule has 0 aliphatic rings. The van der Waals surface area contributed by atoms with Crippen molar-refractivity contribution in [2.45, 2.75) is 20.3 Å². The van der Waals surface area contributed by atoms with E-state index in [1.165, 1.54) is 0 Å². The van der Waals surface area contributed by atoms with E-state index in [9.17, 15) is 0 Å². The second-order valence-corrected chi connectivity index (χ2v) is 2.75. The van der Waals surface area contributed by atoms with Crippen molar-refractivity contribution in [3.05, 3.63) is 24.0 Å². The maximum Gasteiger partial charge on any atom is 0.113 e. The van der Waals surface area contributed by atoms with Gasteiger partial charge in [-0.1, -0.05) is 13.8 Å². The van der Waals surface area contributed by atoms with Crippen LogP contribution < -0.4 is 0 Å². The van der Waals surface area contributed by atoms with E-state index in [1.807, 2.05) is 6.07 Å². The lowest BCUT2D eigenvalue weighted by Crippen LogP contribution is -1.97. The van der Waals surface area contributed by atoms with Crippen molar-refractivity contribution in [1.82, 2.24) is 10.2 Å². The zero-order valence-corrected chi connectivity index (χ0v) is 6.33. The van der Waals surface area contributed by atoms with Crippen molar-refractivity contribution < 1.29 is 0 Å². The van der Waals surface area contributed by atoms with Crippen LogP contribution in [-0.4, -0.2) is 10.2 Å². The molecule has 0 amide bonds. The maximum absolute atomic E-state index is 3.91. The van der Waals surface area contributed by atoms with E-state index in [-0.39, 0.29) is 0 Å². The molecule has 0 aliphatic heterocycles. The molecule has 1 rings (SSSR count). The van der Waals surface area contributed by atoms with Crippen LogP contribution in [0.4, 0.5) is 0 Å². The normalized spacial score (nSPS) is 10.3. The Balaban J connectivity index is 2.59. The average molecular weight is 135 g/mol. The molecule has 1 radical (unpaired) electrons. The lowest BCUT2D eigenvalue weighted by Gasteiger charge is -2.00. The molecule has 0 atom stereocenters. The fourth-order valence-corrected chi connectivity index (χ4v) is 0.820. The maximum atomic E-state index is 3.91. The van der Waals surface area contributed by atoms with Crippen LogP contribution in [0.1, 0.15) is 19.5 Å². The molecule has 1 aromatic rings. The highest BCUT2D eigenvalue weighted by atomic mass is 15.1. The molecular weight excluding hydrogens is 124 g/mol. The first kappa shape index (κ1) is 7.19. The van der Waals surface area contributed by atoms with Crippen LogP contribution in [-0.2, 0) is 6.42 Å². The van der Waals surface area contributed by atoms with Crippen molar-refractivity contribution in [3.63, 3.8) is 0 Å². The molecule has 0 unspecified atom stereocenters. The molecule has 0 fully saturated rings. The van der Waals surface area contributed by atoms with Crippen LogP contribution in [0.25, 0.3) is 0 Å². The Bertz CT molecular complexity index is 182. The molecule has 2 nitrogen and oxygen atoms in total. The number of rotatable bonds is 2. The SMILES string of the molecule is CC(C)Cc1cc[c]nn1. The Morgan fingerprint density at radius 2 is 2.40 bits per heavy atom. The molecule has 53 valence electrons. The largest absolute Gasteiger partial charge is 0.155 e. The third-order valence-corrected chi connectivity index (χ3v) is 1.20. The summed E-state index contributed by atoms with van der Waals surface area (Å²) in [5.74, 6) is 0.650. The van der Waals surface area contributed by atoms with Gasteiger partial charge in [-0.25, -0.2) is 0 Å². The second kappa shape index (κ2) is 3.30. The van der Waals surface area contributed by atoms with Crippen LogP contribution in [0.3, 0.4) is 0 Å². The minimum atomic E-state index is 0.650. The third-order valence-electron chi connectivity index (χ3n) is 1.20. The van der Waals surface area contributed by atoms with Crippen molar-refractivity contribution in [1.29, 1.82) is 0 Å². The standard InChI is InChI=1S/C8H11N2/c1-7(2)6-8-4-3-5-9-10-8/h3-4,7H,6H2,1-2H3. The van der Waals surface area contributed by atoms with Crippen LogP contribution in [0.5, 0.6) is 0 Å². The Morgan fingerprint density at radius 1 is 1.60 bits per heavy atom. The van der Waals surface area contributed by atoms with Gasteiger partial charge in [0, 0.05) is 0 Å². The van der Waals surface area contributed by atoms with Crippen molar-refractivity contribution in [2.75, 3.05) is 0 Å². The topological polar surface area (TPSA) is 25.8 Å². The first-order valence-electron chi connectivity index (χ1n) is 3.47. The van der Waals surface area contributed by atoms with Gasteiger partial charge in [0.2, 0.25) is 0 Å². The van der Waals surface area contributed by atoms with Crippen LogP contribution in [0.15, 0.2) is 12.1 Å². The summed E-state index contributed by atoms with van der Waals surface area (Å²) in [4.78, 5) is 0. The summed E-state index contributed by atoms with van der Waals surface area (Å²) in [7, 11) is 0. The Morgan fingerprint density at radius 3 is 2.90 bits per heavy atom. The van der Waals surface area contributed by atoms with E-state index < -0.39 is 0 Å². The summed E-state index contributed by atoms with van der Waals surface area (Å²) >= 11 is 0. The summed E-state index contributed by atoms with van der Waals surface area (Å²) < 4.78 is 0. The van der Waals surface area contributed by atoms with Crippen LogP contribution >= 0.6 is 0 Å². The molecule has 0 N–H and O–H groups in total. The first-order chi connectivity index (χ1) is 4.79. The highest BCUT2D eigenvalue weighted by Gasteiger charge is 1.96. The lowest BCUT2D eigenvalue weighted by molar-refractivity contribution is 0.627. The third kappa shape index (κ3) is 2.13. The van der Waals surface area contributed by atoms with Crippen LogP contribution in [0, 0.1) is 12.1 Å². The molecule has 2 heteroatoms. The summed E-state index contributed by atoms with van der Waals surface area (Å²) in [5, 5.41) is 7.58. The molecule has 10 heavy (non-hydrogen) atoms. The van der Waals surface area contributed by atoms with Gasteiger partial charge in [-0.3, -0.25) is 0 Å².